The number of nitrogens with zero attached hydrogens (tertiary/aromatic N) is 9. The standard InChI is InChI=1S/C26H28FN5O.C26H25FN4O.C6H18NSi2.Li/c1-16-13-21(9-11-29-16)26-23-14-20(24(28)15-25(23)31(4)30-26)10-12-32(18(3)33)17(2)19-5-7-22(27)8-6-19;1-16-12-20(8-10-28-16)26-23-13-19-9-11-31(17(2)18-4-6-22(27)7-5-18)25(32)15-21(19)14-24(23)30(3)29-26;1-8(2,3)7-9(4,5)6;/h5-9,11,13-15,17,33H,3,10,12,28H2,1-2,4H3;4-8,10,12-14,17H,9,11,15H2,1-3H3;1-6H3;/q;;-1;+1/t2*17-;;/m11../s1. The number of pyridine rings is 2. The molecule has 1 amide bonds. The Balaban J connectivity index is 0.000000207. The van der Waals surface area contributed by atoms with Crippen molar-refractivity contribution in [3.05, 3.63) is 177 Å². The minimum Gasteiger partial charge on any atom is -0.668 e. The number of nitrogen functional groups attached to an aromatic ring is 1. The summed E-state index contributed by atoms with van der Waals surface area (Å²) in [5.74, 6) is -0.512. The third kappa shape index (κ3) is 14.5. The Kier molecular flexibility index (Phi) is 18.6. The van der Waals surface area contributed by atoms with Crippen molar-refractivity contribution in [1.29, 1.82) is 0 Å². The Morgan fingerprint density at radius 2 is 1.24 bits per heavy atom. The molecule has 5 heterocycles. The van der Waals surface area contributed by atoms with Crippen molar-refractivity contribution in [1.82, 2.24) is 39.3 Å². The first kappa shape index (κ1) is 57.9. The van der Waals surface area contributed by atoms with Crippen LogP contribution in [0.2, 0.25) is 39.3 Å². The van der Waals surface area contributed by atoms with Gasteiger partial charge in [0, 0.05) is 78.6 Å². The van der Waals surface area contributed by atoms with E-state index >= 15 is 0 Å². The summed E-state index contributed by atoms with van der Waals surface area (Å²) in [6.45, 7) is 26.5. The fourth-order valence-corrected chi connectivity index (χ4v) is 17.9. The Labute approximate surface area is 455 Å². The predicted molar refractivity (Wildman–Crippen MR) is 303 cm³/mol. The van der Waals surface area contributed by atoms with Gasteiger partial charge in [0.25, 0.3) is 0 Å². The Hall–Kier alpha value is -6.42. The molecule has 2 atom stereocenters. The predicted octanol–water partition coefficient (Wildman–Crippen LogP) is 10.1. The number of amides is 1. The van der Waals surface area contributed by atoms with Crippen LogP contribution in [0.3, 0.4) is 0 Å². The van der Waals surface area contributed by atoms with Gasteiger partial charge >= 0.3 is 18.9 Å². The summed E-state index contributed by atoms with van der Waals surface area (Å²) < 4.78 is 35.2. The molecular formula is C58H71F2LiN10O2Si2. The van der Waals surface area contributed by atoms with Gasteiger partial charge in [0.05, 0.1) is 29.5 Å². The molecule has 17 heteroatoms. The van der Waals surface area contributed by atoms with Crippen LogP contribution in [0.1, 0.15) is 65.1 Å². The van der Waals surface area contributed by atoms with E-state index in [2.05, 4.69) is 74.0 Å². The molecule has 0 saturated heterocycles. The normalized spacial score (nSPS) is 13.4. The second-order valence-corrected chi connectivity index (χ2v) is 30.9. The molecule has 0 unspecified atom stereocenters. The fourth-order valence-electron chi connectivity index (χ4n) is 9.86. The summed E-state index contributed by atoms with van der Waals surface area (Å²) in [6, 6.07) is 28.7. The average molecular weight is 1040 g/mol. The minimum atomic E-state index is -1.11. The third-order valence-corrected chi connectivity index (χ3v) is 18.5. The molecule has 4 aromatic heterocycles. The SMILES string of the molecule is C=C(O)N(CCc1cc2c(-c3ccnc(C)c3)nn(C)c2cc1N)[C@H](C)c1ccc(F)cc1.C[Si](C)(C)[N-][Si](C)(C)C.Cc1cc(-c2nn(C)c3cc4c(cc23)CCN([C@H](C)c2ccc(F)cc2)C(=O)C4)ccn1.[Li+]. The maximum Gasteiger partial charge on any atom is 1.00 e. The van der Waals surface area contributed by atoms with E-state index in [0.717, 1.165) is 84.4 Å². The molecule has 0 aliphatic carbocycles. The molecule has 4 aromatic carbocycles. The molecule has 12 nitrogen and oxygen atoms in total. The summed E-state index contributed by atoms with van der Waals surface area (Å²) in [5.41, 5.74) is 19.8. The number of aliphatic hydroxyl groups is 1. The summed E-state index contributed by atoms with van der Waals surface area (Å²) in [6.07, 6.45) is 5.31. The molecule has 388 valence electrons. The number of carbonyl (C=O) groups excluding carboxylic acids is 1. The zero-order valence-electron chi connectivity index (χ0n) is 46.0. The van der Waals surface area contributed by atoms with Gasteiger partial charge in [-0.15, -0.1) is 0 Å². The van der Waals surface area contributed by atoms with Crippen molar-refractivity contribution in [3.8, 4) is 22.5 Å². The molecule has 0 saturated carbocycles. The number of anilines is 1. The fraction of sp³-hybridized carbons (Fsp3) is 0.328. The number of benzene rings is 4. The van der Waals surface area contributed by atoms with E-state index in [0.29, 0.717) is 31.6 Å². The van der Waals surface area contributed by atoms with Gasteiger partial charge in [0.15, 0.2) is 5.88 Å². The number of rotatable bonds is 12. The minimum absolute atomic E-state index is 0. The van der Waals surface area contributed by atoms with Crippen LogP contribution in [0.5, 0.6) is 0 Å². The molecule has 75 heavy (non-hydrogen) atoms. The van der Waals surface area contributed by atoms with Gasteiger partial charge in [-0.1, -0.05) is 80.0 Å². The van der Waals surface area contributed by atoms with Crippen LogP contribution in [0, 0.1) is 25.5 Å². The van der Waals surface area contributed by atoms with Crippen molar-refractivity contribution >= 4 is 49.9 Å². The van der Waals surface area contributed by atoms with E-state index in [4.69, 9.17) is 20.6 Å². The van der Waals surface area contributed by atoms with Crippen molar-refractivity contribution in [2.45, 2.75) is 98.3 Å². The third-order valence-electron chi connectivity index (χ3n) is 13.2. The second-order valence-electron chi connectivity index (χ2n) is 21.3. The summed E-state index contributed by atoms with van der Waals surface area (Å²) >= 11 is 0. The van der Waals surface area contributed by atoms with Crippen LogP contribution in [0.25, 0.3) is 49.0 Å². The Morgan fingerprint density at radius 1 is 0.747 bits per heavy atom. The molecule has 1 aliphatic rings. The Bertz CT molecular complexity index is 3280. The van der Waals surface area contributed by atoms with Crippen LogP contribution >= 0.6 is 0 Å². The zero-order chi connectivity index (χ0) is 53.8. The van der Waals surface area contributed by atoms with Gasteiger partial charge in [-0.3, -0.25) is 24.1 Å². The topological polar surface area (TPSA) is 145 Å². The first-order valence-electron chi connectivity index (χ1n) is 25.1. The molecule has 0 fully saturated rings. The molecule has 9 rings (SSSR count). The number of nitrogens with two attached hydrogens (primary N) is 1. The van der Waals surface area contributed by atoms with Gasteiger partial charge < -0.3 is 25.3 Å². The monoisotopic (exact) mass is 1040 g/mol. The summed E-state index contributed by atoms with van der Waals surface area (Å²) in [4.78, 5) is 25.4. The first-order chi connectivity index (χ1) is 34.8. The quantitative estimate of drug-likeness (QED) is 0.0699. The van der Waals surface area contributed by atoms with Gasteiger partial charge in [0.1, 0.15) is 23.0 Å². The molecule has 0 bridgehead atoms. The smallest absolute Gasteiger partial charge is 0.668 e. The van der Waals surface area contributed by atoms with Crippen molar-refractivity contribution in [3.63, 3.8) is 0 Å². The second kappa shape index (κ2) is 24.1. The largest absolute Gasteiger partial charge is 1.00 e. The molecule has 0 spiro atoms. The number of hydrogen-bond donors (Lipinski definition) is 2. The Morgan fingerprint density at radius 3 is 1.72 bits per heavy atom. The van der Waals surface area contributed by atoms with E-state index in [1.807, 2.05) is 92.6 Å². The van der Waals surface area contributed by atoms with Crippen LogP contribution in [0.4, 0.5) is 14.5 Å². The van der Waals surface area contributed by atoms with Crippen LogP contribution in [-0.4, -0.2) is 79.9 Å². The van der Waals surface area contributed by atoms with Gasteiger partial charge in [-0.2, -0.15) is 10.2 Å². The van der Waals surface area contributed by atoms with Crippen LogP contribution < -0.4 is 24.6 Å². The van der Waals surface area contributed by atoms with Crippen molar-refractivity contribution in [2.75, 3.05) is 18.8 Å². The average Bonchev–Trinajstić information content (AvgIpc) is 3.75. The van der Waals surface area contributed by atoms with E-state index in [-0.39, 0.29) is 54.4 Å². The van der Waals surface area contributed by atoms with Crippen LogP contribution in [0.15, 0.2) is 122 Å². The number of aryl methyl sites for hydroxylation is 4. The maximum atomic E-state index is 13.3. The number of hydrogen-bond acceptors (Lipinski definition) is 8. The van der Waals surface area contributed by atoms with E-state index < -0.39 is 16.5 Å². The van der Waals surface area contributed by atoms with Gasteiger partial charge in [-0.25, -0.2) is 8.78 Å². The van der Waals surface area contributed by atoms with E-state index in [1.54, 1.807) is 35.4 Å². The number of carbonyl (C=O) groups is 1. The molecule has 0 radical (unpaired) electrons. The molecule has 8 aromatic rings. The summed E-state index contributed by atoms with van der Waals surface area (Å²) in [5, 5.41) is 21.8. The molecule has 3 N–H and O–H groups in total. The number of fused-ring (bicyclic) bond motifs is 3. The zero-order valence-corrected chi connectivity index (χ0v) is 48.0. The maximum absolute atomic E-state index is 13.3. The molecule has 1 aliphatic heterocycles. The summed E-state index contributed by atoms with van der Waals surface area (Å²) in [7, 11) is 1.63. The number of aliphatic hydroxyl groups excluding tert-OH is 1. The van der Waals surface area contributed by atoms with Crippen LogP contribution in [-0.2, 0) is 38.2 Å². The molecular weight excluding hydrogens is 970 g/mol. The number of aromatic nitrogens is 6. The number of halogens is 2. The van der Waals surface area contributed by atoms with Gasteiger partial charge in [-0.05, 0) is 148 Å². The van der Waals surface area contributed by atoms with Crippen molar-refractivity contribution < 1.29 is 37.5 Å². The van der Waals surface area contributed by atoms with E-state index in [9.17, 15) is 18.7 Å². The van der Waals surface area contributed by atoms with E-state index in [1.165, 1.54) is 29.8 Å². The van der Waals surface area contributed by atoms with Crippen molar-refractivity contribution in [2.24, 2.45) is 14.1 Å². The first-order valence-corrected chi connectivity index (χ1v) is 32.0. The van der Waals surface area contributed by atoms with Gasteiger partial charge in [0.2, 0.25) is 5.91 Å².